The highest BCUT2D eigenvalue weighted by molar-refractivity contribution is 6.18. The minimum atomic E-state index is -0.379. The first-order valence-electron chi connectivity index (χ1n) is 7.25. The normalized spacial score (nSPS) is 15.5. The van der Waals surface area contributed by atoms with Crippen LogP contribution in [0.25, 0.3) is 10.9 Å². The summed E-state index contributed by atoms with van der Waals surface area (Å²) >= 11 is 5.65. The van der Waals surface area contributed by atoms with Crippen molar-refractivity contribution in [2.24, 2.45) is 0 Å². The number of rotatable bonds is 5. The molecule has 0 atom stereocenters. The summed E-state index contributed by atoms with van der Waals surface area (Å²) in [6.45, 7) is 3.85. The maximum atomic E-state index is 12.4. The predicted octanol–water partition coefficient (Wildman–Crippen LogP) is 2.30. The third-order valence-corrected chi connectivity index (χ3v) is 3.81. The summed E-state index contributed by atoms with van der Waals surface area (Å²) in [5, 5.41) is 1.01. The molecular formula is C16H18ClNO4. The number of fused-ring (bicyclic) bond motifs is 1. The van der Waals surface area contributed by atoms with Crippen LogP contribution in [0.15, 0.2) is 29.1 Å². The number of pyridine rings is 1. The first-order valence-corrected chi connectivity index (χ1v) is 7.78. The fraction of sp³-hybridized carbons (Fsp3) is 0.438. The van der Waals surface area contributed by atoms with Gasteiger partial charge in [-0.2, -0.15) is 0 Å². The molecule has 0 spiro atoms. The number of aromatic nitrogens is 1. The van der Waals surface area contributed by atoms with E-state index in [2.05, 4.69) is 0 Å². The summed E-state index contributed by atoms with van der Waals surface area (Å²) in [5.41, 5.74) is 1.68. The zero-order chi connectivity index (χ0) is 15.5. The van der Waals surface area contributed by atoms with E-state index in [-0.39, 0.29) is 11.8 Å². The Morgan fingerprint density at radius 2 is 2.09 bits per heavy atom. The first kappa shape index (κ1) is 15.3. The van der Waals surface area contributed by atoms with E-state index in [1.165, 1.54) is 0 Å². The number of alkyl halides is 1. The van der Waals surface area contributed by atoms with Crippen LogP contribution < -0.4 is 10.3 Å². The second-order valence-electron chi connectivity index (χ2n) is 5.16. The van der Waals surface area contributed by atoms with Gasteiger partial charge in [-0.1, -0.05) is 0 Å². The van der Waals surface area contributed by atoms with E-state index in [4.69, 9.17) is 25.8 Å². The lowest BCUT2D eigenvalue weighted by atomic mass is 10.1. The van der Waals surface area contributed by atoms with Gasteiger partial charge in [-0.25, -0.2) is 0 Å². The van der Waals surface area contributed by atoms with Crippen molar-refractivity contribution in [1.82, 2.24) is 4.57 Å². The van der Waals surface area contributed by atoms with Crippen LogP contribution in [0, 0.1) is 6.92 Å². The highest BCUT2D eigenvalue weighted by atomic mass is 35.5. The highest BCUT2D eigenvalue weighted by Crippen LogP contribution is 2.23. The van der Waals surface area contributed by atoms with E-state index >= 15 is 0 Å². The molecule has 0 saturated carbocycles. The van der Waals surface area contributed by atoms with Gasteiger partial charge in [0.1, 0.15) is 12.4 Å². The quantitative estimate of drug-likeness (QED) is 0.792. The Hall–Kier alpha value is -1.56. The maximum Gasteiger partial charge on any atom is 0.251 e. The SMILES string of the molecule is Cc1cc(=O)n(CC2OCCO2)c2cc(OCCCl)ccc12. The molecule has 2 aromatic rings. The van der Waals surface area contributed by atoms with Gasteiger partial charge in [-0.05, 0) is 24.6 Å². The molecule has 0 N–H and O–H groups in total. The summed E-state index contributed by atoms with van der Waals surface area (Å²) < 4.78 is 18.1. The molecule has 5 nitrogen and oxygen atoms in total. The Bertz CT molecular complexity index is 722. The monoisotopic (exact) mass is 323 g/mol. The van der Waals surface area contributed by atoms with Crippen LogP contribution in [0.5, 0.6) is 5.75 Å². The van der Waals surface area contributed by atoms with Crippen molar-refractivity contribution in [1.29, 1.82) is 0 Å². The van der Waals surface area contributed by atoms with E-state index < -0.39 is 0 Å². The second kappa shape index (κ2) is 6.69. The van der Waals surface area contributed by atoms with E-state index in [1.807, 2.05) is 25.1 Å². The van der Waals surface area contributed by atoms with Gasteiger partial charge >= 0.3 is 0 Å². The lowest BCUT2D eigenvalue weighted by molar-refractivity contribution is -0.0522. The molecule has 0 unspecified atom stereocenters. The average molecular weight is 324 g/mol. The molecule has 3 rings (SSSR count). The average Bonchev–Trinajstić information content (AvgIpc) is 3.02. The number of ether oxygens (including phenoxy) is 3. The third kappa shape index (κ3) is 3.11. The molecule has 1 aromatic heterocycles. The molecule has 0 aliphatic carbocycles. The number of nitrogens with zero attached hydrogens (tertiary/aromatic N) is 1. The molecule has 1 saturated heterocycles. The van der Waals surface area contributed by atoms with Crippen LogP contribution in [-0.4, -0.2) is 36.6 Å². The van der Waals surface area contributed by atoms with Gasteiger partial charge in [0.25, 0.3) is 5.56 Å². The Morgan fingerprint density at radius 1 is 1.32 bits per heavy atom. The van der Waals surface area contributed by atoms with Crippen molar-refractivity contribution in [2.45, 2.75) is 19.8 Å². The zero-order valence-corrected chi connectivity index (χ0v) is 13.1. The number of aryl methyl sites for hydroxylation is 1. The minimum Gasteiger partial charge on any atom is -0.492 e. The molecule has 1 fully saturated rings. The first-order chi connectivity index (χ1) is 10.7. The fourth-order valence-corrected chi connectivity index (χ4v) is 2.70. The van der Waals surface area contributed by atoms with Crippen molar-refractivity contribution < 1.29 is 14.2 Å². The molecule has 0 radical (unpaired) electrons. The van der Waals surface area contributed by atoms with Crippen molar-refractivity contribution >= 4 is 22.5 Å². The molecule has 0 bridgehead atoms. The largest absolute Gasteiger partial charge is 0.492 e. The lowest BCUT2D eigenvalue weighted by Crippen LogP contribution is -2.27. The lowest BCUT2D eigenvalue weighted by Gasteiger charge is -2.16. The van der Waals surface area contributed by atoms with Crippen LogP contribution in [0.3, 0.4) is 0 Å². The smallest absolute Gasteiger partial charge is 0.251 e. The molecule has 1 aliphatic heterocycles. The molecule has 22 heavy (non-hydrogen) atoms. The second-order valence-corrected chi connectivity index (χ2v) is 5.54. The Morgan fingerprint density at radius 3 is 2.82 bits per heavy atom. The van der Waals surface area contributed by atoms with Gasteiger partial charge in [-0.15, -0.1) is 11.6 Å². The number of benzene rings is 1. The van der Waals surface area contributed by atoms with Gasteiger partial charge in [0.15, 0.2) is 6.29 Å². The fourth-order valence-electron chi connectivity index (χ4n) is 2.62. The Kier molecular flexibility index (Phi) is 4.66. The summed E-state index contributed by atoms with van der Waals surface area (Å²) in [6.07, 6.45) is -0.379. The van der Waals surface area contributed by atoms with Crippen molar-refractivity contribution in [2.75, 3.05) is 25.7 Å². The molecule has 6 heteroatoms. The van der Waals surface area contributed by atoms with Gasteiger partial charge in [0.05, 0.1) is 31.2 Å². The summed E-state index contributed by atoms with van der Waals surface area (Å²) in [6, 6.07) is 7.35. The van der Waals surface area contributed by atoms with Crippen LogP contribution >= 0.6 is 11.6 Å². The predicted molar refractivity (Wildman–Crippen MR) is 84.9 cm³/mol. The van der Waals surface area contributed by atoms with Crippen LogP contribution in [-0.2, 0) is 16.0 Å². The van der Waals surface area contributed by atoms with E-state index in [1.54, 1.807) is 10.6 Å². The minimum absolute atomic E-state index is 0.0707. The molecular weight excluding hydrogens is 306 g/mol. The Balaban J connectivity index is 2.04. The van der Waals surface area contributed by atoms with Gasteiger partial charge < -0.3 is 18.8 Å². The molecule has 0 amide bonds. The van der Waals surface area contributed by atoms with E-state index in [0.717, 1.165) is 16.5 Å². The van der Waals surface area contributed by atoms with Gasteiger partial charge in [0.2, 0.25) is 0 Å². The van der Waals surface area contributed by atoms with E-state index in [0.29, 0.717) is 38.0 Å². The van der Waals surface area contributed by atoms with Crippen LogP contribution in [0.2, 0.25) is 0 Å². The number of hydrogen-bond acceptors (Lipinski definition) is 4. The molecule has 2 heterocycles. The summed E-state index contributed by atoms with van der Waals surface area (Å²) in [4.78, 5) is 12.4. The summed E-state index contributed by atoms with van der Waals surface area (Å²) in [7, 11) is 0. The highest BCUT2D eigenvalue weighted by Gasteiger charge is 2.18. The Labute approximate surface area is 133 Å². The van der Waals surface area contributed by atoms with E-state index in [9.17, 15) is 4.79 Å². The summed E-state index contributed by atoms with van der Waals surface area (Å²) in [5.74, 6) is 1.11. The third-order valence-electron chi connectivity index (χ3n) is 3.66. The topological polar surface area (TPSA) is 49.7 Å². The van der Waals surface area contributed by atoms with Crippen molar-refractivity contribution in [3.63, 3.8) is 0 Å². The van der Waals surface area contributed by atoms with Gasteiger partial charge in [-0.3, -0.25) is 4.79 Å². The molecule has 1 aliphatic rings. The standard InChI is InChI=1S/C16H18ClNO4/c1-11-8-15(19)18(10-16-21-6-7-22-16)14-9-12(20-5-4-17)2-3-13(11)14/h2-3,8-9,16H,4-7,10H2,1H3. The molecule has 118 valence electrons. The number of hydrogen-bond donors (Lipinski definition) is 0. The number of halogens is 1. The van der Waals surface area contributed by atoms with Crippen LogP contribution in [0.4, 0.5) is 0 Å². The van der Waals surface area contributed by atoms with Crippen molar-refractivity contribution in [3.05, 3.63) is 40.2 Å². The maximum absolute atomic E-state index is 12.4. The van der Waals surface area contributed by atoms with Gasteiger partial charge in [0, 0.05) is 17.5 Å². The zero-order valence-electron chi connectivity index (χ0n) is 12.4. The van der Waals surface area contributed by atoms with Crippen molar-refractivity contribution in [3.8, 4) is 5.75 Å². The molecule has 1 aromatic carbocycles. The van der Waals surface area contributed by atoms with Crippen LogP contribution in [0.1, 0.15) is 5.56 Å².